The number of aliphatic hydroxyl groups is 1. The molecule has 1 nitrogen and oxygen atoms in total. The lowest BCUT2D eigenvalue weighted by molar-refractivity contribution is 0.150. The Labute approximate surface area is 76.0 Å². The van der Waals surface area contributed by atoms with Crippen LogP contribution in [0.5, 0.6) is 0 Å². The molecule has 0 spiro atoms. The average Bonchev–Trinajstić information content (AvgIpc) is 2.08. The molecule has 0 amide bonds. The molecule has 72 valence electrons. The van der Waals surface area contributed by atoms with Crippen LogP contribution in [0.1, 0.15) is 23.1 Å². The second-order valence-corrected chi connectivity index (χ2v) is 2.97. The number of alkyl halides is 2. The third kappa shape index (κ3) is 2.49. The molecule has 0 aliphatic heterocycles. The fourth-order valence-electron chi connectivity index (χ4n) is 1.21. The van der Waals surface area contributed by atoms with Gasteiger partial charge in [0.15, 0.2) is 0 Å². The van der Waals surface area contributed by atoms with Gasteiger partial charge in [-0.3, -0.25) is 0 Å². The lowest BCUT2D eigenvalue weighted by atomic mass is 10.0. The smallest absolute Gasteiger partial charge is 0.264 e. The van der Waals surface area contributed by atoms with Gasteiger partial charge in [0.1, 0.15) is 0 Å². The molecular weight excluding hydrogens is 174 g/mol. The first-order chi connectivity index (χ1) is 6.15. The number of halogens is 2. The molecule has 0 aliphatic carbocycles. The van der Waals surface area contributed by atoms with Gasteiger partial charge in [-0.1, -0.05) is 12.1 Å². The van der Waals surface area contributed by atoms with E-state index < -0.39 is 6.43 Å². The summed E-state index contributed by atoms with van der Waals surface area (Å²) in [5.74, 6) is 0. The monoisotopic (exact) mass is 186 g/mol. The summed E-state index contributed by atoms with van der Waals surface area (Å²) in [6, 6.07) is 4.88. The van der Waals surface area contributed by atoms with Crippen LogP contribution in [-0.4, -0.2) is 11.7 Å². The lowest BCUT2D eigenvalue weighted by Crippen LogP contribution is -1.95. The highest BCUT2D eigenvalue weighted by Crippen LogP contribution is 2.23. The number of aryl methyl sites for hydroxylation is 1. The van der Waals surface area contributed by atoms with Crippen molar-refractivity contribution in [3.05, 3.63) is 34.9 Å². The van der Waals surface area contributed by atoms with Crippen LogP contribution in [0, 0.1) is 6.92 Å². The molecular formula is C10H12F2O. The second-order valence-electron chi connectivity index (χ2n) is 2.97. The van der Waals surface area contributed by atoms with E-state index in [1.807, 2.05) is 0 Å². The van der Waals surface area contributed by atoms with Crippen LogP contribution >= 0.6 is 0 Å². The Bertz CT molecular complexity index is 284. The first-order valence-corrected chi connectivity index (χ1v) is 4.13. The topological polar surface area (TPSA) is 20.2 Å². The fraction of sp³-hybridized carbons (Fsp3) is 0.400. The van der Waals surface area contributed by atoms with Crippen molar-refractivity contribution in [3.63, 3.8) is 0 Å². The largest absolute Gasteiger partial charge is 0.396 e. The molecule has 0 aromatic heterocycles. The van der Waals surface area contributed by atoms with E-state index in [1.54, 1.807) is 19.1 Å². The van der Waals surface area contributed by atoms with Crippen molar-refractivity contribution in [1.29, 1.82) is 0 Å². The van der Waals surface area contributed by atoms with Gasteiger partial charge < -0.3 is 5.11 Å². The van der Waals surface area contributed by atoms with Crippen molar-refractivity contribution < 1.29 is 13.9 Å². The number of hydrogen-bond acceptors (Lipinski definition) is 1. The van der Waals surface area contributed by atoms with E-state index in [-0.39, 0.29) is 12.2 Å². The van der Waals surface area contributed by atoms with Crippen LogP contribution in [0.3, 0.4) is 0 Å². The summed E-state index contributed by atoms with van der Waals surface area (Å²) in [4.78, 5) is 0. The van der Waals surface area contributed by atoms with Crippen LogP contribution in [0.25, 0.3) is 0 Å². The van der Waals surface area contributed by atoms with Crippen LogP contribution in [-0.2, 0) is 6.42 Å². The number of rotatable bonds is 3. The van der Waals surface area contributed by atoms with Gasteiger partial charge in [0, 0.05) is 12.2 Å². The van der Waals surface area contributed by atoms with Gasteiger partial charge in [-0.2, -0.15) is 0 Å². The van der Waals surface area contributed by atoms with E-state index in [2.05, 4.69) is 0 Å². The lowest BCUT2D eigenvalue weighted by Gasteiger charge is -2.06. The van der Waals surface area contributed by atoms with E-state index in [9.17, 15) is 8.78 Å². The van der Waals surface area contributed by atoms with E-state index in [1.165, 1.54) is 6.07 Å². The van der Waals surface area contributed by atoms with Gasteiger partial charge in [0.2, 0.25) is 0 Å². The van der Waals surface area contributed by atoms with E-state index in [4.69, 9.17) is 5.11 Å². The van der Waals surface area contributed by atoms with Crippen molar-refractivity contribution in [1.82, 2.24) is 0 Å². The number of aliphatic hydroxyl groups excluding tert-OH is 1. The van der Waals surface area contributed by atoms with E-state index >= 15 is 0 Å². The number of benzene rings is 1. The predicted molar refractivity (Wildman–Crippen MR) is 46.9 cm³/mol. The Balaban J connectivity index is 2.97. The van der Waals surface area contributed by atoms with Crippen molar-refractivity contribution in [2.45, 2.75) is 19.8 Å². The van der Waals surface area contributed by atoms with Crippen molar-refractivity contribution >= 4 is 0 Å². The molecule has 3 heteroatoms. The third-order valence-electron chi connectivity index (χ3n) is 1.98. The highest BCUT2D eigenvalue weighted by Gasteiger charge is 2.10. The van der Waals surface area contributed by atoms with E-state index in [0.717, 1.165) is 5.56 Å². The Morgan fingerprint density at radius 3 is 2.62 bits per heavy atom. The SMILES string of the molecule is Cc1ccc(CCO)cc1C(F)F. The molecule has 13 heavy (non-hydrogen) atoms. The first kappa shape index (κ1) is 10.1. The Morgan fingerprint density at radius 1 is 1.38 bits per heavy atom. The normalized spacial score (nSPS) is 10.8. The zero-order chi connectivity index (χ0) is 9.84. The summed E-state index contributed by atoms with van der Waals surface area (Å²) >= 11 is 0. The molecule has 1 aromatic carbocycles. The molecule has 1 N–H and O–H groups in total. The molecule has 0 radical (unpaired) electrons. The zero-order valence-electron chi connectivity index (χ0n) is 7.43. The first-order valence-electron chi connectivity index (χ1n) is 4.13. The maximum Gasteiger partial charge on any atom is 0.264 e. The molecule has 1 rings (SSSR count). The number of hydrogen-bond donors (Lipinski definition) is 1. The van der Waals surface area contributed by atoms with Gasteiger partial charge in [-0.15, -0.1) is 0 Å². The van der Waals surface area contributed by atoms with Gasteiger partial charge in [0.25, 0.3) is 6.43 Å². The van der Waals surface area contributed by atoms with Crippen LogP contribution in [0.4, 0.5) is 8.78 Å². The molecule has 0 heterocycles. The minimum atomic E-state index is -2.43. The zero-order valence-corrected chi connectivity index (χ0v) is 7.43. The highest BCUT2D eigenvalue weighted by molar-refractivity contribution is 5.32. The van der Waals surface area contributed by atoms with Gasteiger partial charge >= 0.3 is 0 Å². The predicted octanol–water partition coefficient (Wildman–Crippen LogP) is 2.47. The van der Waals surface area contributed by atoms with Crippen molar-refractivity contribution in [2.24, 2.45) is 0 Å². The van der Waals surface area contributed by atoms with Crippen LogP contribution in [0.2, 0.25) is 0 Å². The average molecular weight is 186 g/mol. The maximum atomic E-state index is 12.4. The van der Waals surface area contributed by atoms with Gasteiger partial charge in [-0.05, 0) is 30.5 Å². The second kappa shape index (κ2) is 4.33. The third-order valence-corrected chi connectivity index (χ3v) is 1.98. The van der Waals surface area contributed by atoms with Crippen molar-refractivity contribution in [2.75, 3.05) is 6.61 Å². The Hall–Kier alpha value is -0.960. The summed E-state index contributed by atoms with van der Waals surface area (Å²) in [6.07, 6.45) is -2.00. The minimum Gasteiger partial charge on any atom is -0.396 e. The molecule has 0 atom stereocenters. The summed E-state index contributed by atoms with van der Waals surface area (Å²) in [5.41, 5.74) is 1.41. The van der Waals surface area contributed by atoms with Gasteiger partial charge in [0.05, 0.1) is 0 Å². The minimum absolute atomic E-state index is 0.00820. The molecule has 0 aliphatic rings. The molecule has 0 unspecified atom stereocenters. The molecule has 0 bridgehead atoms. The molecule has 0 saturated heterocycles. The summed E-state index contributed by atoms with van der Waals surface area (Å²) in [7, 11) is 0. The summed E-state index contributed by atoms with van der Waals surface area (Å²) < 4.78 is 24.8. The highest BCUT2D eigenvalue weighted by atomic mass is 19.3. The Morgan fingerprint density at radius 2 is 2.08 bits per heavy atom. The van der Waals surface area contributed by atoms with Crippen molar-refractivity contribution in [3.8, 4) is 0 Å². The van der Waals surface area contributed by atoms with E-state index in [0.29, 0.717) is 12.0 Å². The standard InChI is InChI=1S/C10H12F2O/c1-7-2-3-8(4-5-13)6-9(7)10(11)12/h2-3,6,10,13H,4-5H2,1H3. The summed E-state index contributed by atoms with van der Waals surface area (Å²) in [6.45, 7) is 1.65. The van der Waals surface area contributed by atoms with Gasteiger partial charge in [-0.25, -0.2) is 8.78 Å². The fourth-order valence-corrected chi connectivity index (χ4v) is 1.21. The van der Waals surface area contributed by atoms with Crippen LogP contribution < -0.4 is 0 Å². The molecule has 0 fully saturated rings. The quantitative estimate of drug-likeness (QED) is 0.768. The molecule has 1 aromatic rings. The Kier molecular flexibility index (Phi) is 3.37. The maximum absolute atomic E-state index is 12.4. The summed E-state index contributed by atoms with van der Waals surface area (Å²) in [5, 5.41) is 8.63. The molecule has 0 saturated carbocycles. The van der Waals surface area contributed by atoms with Crippen LogP contribution in [0.15, 0.2) is 18.2 Å².